The van der Waals surface area contributed by atoms with Gasteiger partial charge in [-0.15, -0.1) is 11.8 Å². The van der Waals surface area contributed by atoms with Crippen molar-refractivity contribution >= 4 is 20.1 Å². The Bertz CT molecular complexity index is 882. The second-order valence-corrected chi connectivity index (χ2v) is 18.5. The SMILES string of the molecule is CC1=CCO[C@H]2C[C@H]3O[C@@H](C[C@@H](C)CSc4ccccc4)[C@H](O[Si](C)(C)C(C)(C)C)C[C@]3(C)O[C@H]12. The van der Waals surface area contributed by atoms with E-state index in [1.54, 1.807) is 0 Å². The highest BCUT2D eigenvalue weighted by atomic mass is 32.2. The number of rotatable bonds is 7. The minimum atomic E-state index is -1.97. The predicted octanol–water partition coefficient (Wildman–Crippen LogP) is 7.25. The average molecular weight is 519 g/mol. The largest absolute Gasteiger partial charge is 0.411 e. The maximum absolute atomic E-state index is 7.08. The van der Waals surface area contributed by atoms with Gasteiger partial charge < -0.3 is 18.6 Å². The summed E-state index contributed by atoms with van der Waals surface area (Å²) in [5, 5.41) is 0.152. The zero-order valence-electron chi connectivity index (χ0n) is 23.0. The summed E-state index contributed by atoms with van der Waals surface area (Å²) in [7, 11) is -1.97. The maximum Gasteiger partial charge on any atom is 0.192 e. The lowest BCUT2D eigenvalue weighted by Crippen LogP contribution is -2.65. The molecule has 3 aliphatic heterocycles. The smallest absolute Gasteiger partial charge is 0.192 e. The van der Waals surface area contributed by atoms with E-state index in [1.807, 2.05) is 11.8 Å². The minimum absolute atomic E-state index is 0.0277. The third-order valence-corrected chi connectivity index (χ3v) is 14.4. The third kappa shape index (κ3) is 6.27. The van der Waals surface area contributed by atoms with Crippen molar-refractivity contribution in [3.8, 4) is 0 Å². The summed E-state index contributed by atoms with van der Waals surface area (Å²) in [6.07, 6.45) is 5.20. The molecule has 0 radical (unpaired) electrons. The van der Waals surface area contributed by atoms with E-state index in [1.165, 1.54) is 10.5 Å². The fraction of sp³-hybridized carbons (Fsp3) is 0.724. The van der Waals surface area contributed by atoms with Crippen LogP contribution in [0.3, 0.4) is 0 Å². The molecule has 0 unspecified atom stereocenters. The first-order valence-corrected chi connectivity index (χ1v) is 17.2. The third-order valence-electron chi connectivity index (χ3n) is 8.55. The van der Waals surface area contributed by atoms with Gasteiger partial charge in [0.1, 0.15) is 6.10 Å². The second kappa shape index (κ2) is 10.6. The van der Waals surface area contributed by atoms with Crippen LogP contribution in [0.4, 0.5) is 0 Å². The first-order valence-electron chi connectivity index (χ1n) is 13.4. The van der Waals surface area contributed by atoms with E-state index in [0.29, 0.717) is 12.5 Å². The molecule has 2 fully saturated rings. The van der Waals surface area contributed by atoms with E-state index in [-0.39, 0.29) is 41.2 Å². The molecular weight excluding hydrogens is 472 g/mol. The van der Waals surface area contributed by atoms with Crippen LogP contribution in [0.25, 0.3) is 0 Å². The van der Waals surface area contributed by atoms with Gasteiger partial charge in [0, 0.05) is 23.5 Å². The molecule has 4 rings (SSSR count). The van der Waals surface area contributed by atoms with E-state index >= 15 is 0 Å². The van der Waals surface area contributed by atoms with Crippen LogP contribution in [0.15, 0.2) is 46.9 Å². The standard InChI is InChI=1S/C29H46O4SSi/c1-20(19-34-22-12-10-9-11-13-22)16-23-25(33-35(7,8)28(3,4)5)18-29(6)26(31-23)17-24-27(32-29)21(2)14-15-30-24/h9-14,20,23-27H,15-19H2,1-8H3/t20-,23+,24+,25-,26-,27-,29+/m1/s1. The molecule has 0 aromatic heterocycles. The molecule has 7 atom stereocenters. The van der Waals surface area contributed by atoms with Gasteiger partial charge in [0.25, 0.3) is 0 Å². The van der Waals surface area contributed by atoms with E-state index in [9.17, 15) is 0 Å². The van der Waals surface area contributed by atoms with Crippen LogP contribution in [0, 0.1) is 5.92 Å². The van der Waals surface area contributed by atoms with Crippen molar-refractivity contribution in [2.75, 3.05) is 12.4 Å². The molecule has 0 amide bonds. The first-order chi connectivity index (χ1) is 16.4. The van der Waals surface area contributed by atoms with Crippen LogP contribution in [0.5, 0.6) is 0 Å². The molecule has 35 heavy (non-hydrogen) atoms. The fourth-order valence-electron chi connectivity index (χ4n) is 5.30. The maximum atomic E-state index is 7.08. The Morgan fingerprint density at radius 2 is 1.91 bits per heavy atom. The molecule has 196 valence electrons. The number of fused-ring (bicyclic) bond motifs is 2. The lowest BCUT2D eigenvalue weighted by molar-refractivity contribution is -0.285. The molecule has 3 aliphatic rings. The van der Waals surface area contributed by atoms with Crippen LogP contribution in [0.1, 0.15) is 60.8 Å². The lowest BCUT2D eigenvalue weighted by Gasteiger charge is -2.56. The minimum Gasteiger partial charge on any atom is -0.411 e. The summed E-state index contributed by atoms with van der Waals surface area (Å²) in [5.74, 6) is 1.60. The molecule has 0 N–H and O–H groups in total. The second-order valence-electron chi connectivity index (χ2n) is 12.7. The van der Waals surface area contributed by atoms with Gasteiger partial charge in [0.2, 0.25) is 0 Å². The van der Waals surface area contributed by atoms with Crippen molar-refractivity contribution in [3.63, 3.8) is 0 Å². The predicted molar refractivity (Wildman–Crippen MR) is 148 cm³/mol. The molecule has 0 saturated carbocycles. The molecule has 0 aliphatic carbocycles. The van der Waals surface area contributed by atoms with Gasteiger partial charge >= 0.3 is 0 Å². The summed E-state index contributed by atoms with van der Waals surface area (Å²) in [6, 6.07) is 10.7. The summed E-state index contributed by atoms with van der Waals surface area (Å²) >= 11 is 1.93. The number of hydrogen-bond acceptors (Lipinski definition) is 5. The van der Waals surface area contributed by atoms with Crippen molar-refractivity contribution in [2.24, 2.45) is 5.92 Å². The van der Waals surface area contributed by atoms with Crippen LogP contribution < -0.4 is 0 Å². The van der Waals surface area contributed by atoms with Crippen molar-refractivity contribution in [1.82, 2.24) is 0 Å². The van der Waals surface area contributed by atoms with Crippen molar-refractivity contribution in [1.29, 1.82) is 0 Å². The van der Waals surface area contributed by atoms with E-state index in [0.717, 1.165) is 25.0 Å². The molecule has 1 aromatic rings. The highest BCUT2D eigenvalue weighted by molar-refractivity contribution is 7.99. The van der Waals surface area contributed by atoms with Gasteiger partial charge in [-0.1, -0.05) is 52.0 Å². The van der Waals surface area contributed by atoms with Crippen molar-refractivity contribution in [2.45, 2.75) is 120 Å². The lowest BCUT2D eigenvalue weighted by atomic mass is 9.78. The Balaban J connectivity index is 1.51. The normalized spacial score (nSPS) is 34.5. The zero-order valence-corrected chi connectivity index (χ0v) is 24.8. The van der Waals surface area contributed by atoms with Crippen LogP contribution in [0.2, 0.25) is 18.1 Å². The molecular formula is C29H46O4SSi. The summed E-state index contributed by atoms with van der Waals surface area (Å²) in [5.41, 5.74) is 0.930. The van der Waals surface area contributed by atoms with Crippen molar-refractivity contribution in [3.05, 3.63) is 42.0 Å². The molecule has 3 heterocycles. The van der Waals surface area contributed by atoms with Gasteiger partial charge in [-0.2, -0.15) is 0 Å². The van der Waals surface area contributed by atoms with Gasteiger partial charge in [-0.05, 0) is 62.0 Å². The van der Waals surface area contributed by atoms with Crippen molar-refractivity contribution < 1.29 is 18.6 Å². The Kier molecular flexibility index (Phi) is 8.32. The quantitative estimate of drug-likeness (QED) is 0.216. The van der Waals surface area contributed by atoms with Gasteiger partial charge in [-0.3, -0.25) is 0 Å². The van der Waals surface area contributed by atoms with E-state index in [4.69, 9.17) is 18.6 Å². The van der Waals surface area contributed by atoms with Crippen LogP contribution in [-0.4, -0.2) is 56.8 Å². The van der Waals surface area contributed by atoms with Gasteiger partial charge in [-0.25, -0.2) is 0 Å². The van der Waals surface area contributed by atoms with Crippen LogP contribution >= 0.6 is 11.8 Å². The Morgan fingerprint density at radius 1 is 1.20 bits per heavy atom. The van der Waals surface area contributed by atoms with E-state index in [2.05, 4.69) is 91.0 Å². The highest BCUT2D eigenvalue weighted by Crippen LogP contribution is 2.47. The topological polar surface area (TPSA) is 36.9 Å². The Morgan fingerprint density at radius 3 is 2.60 bits per heavy atom. The summed E-state index contributed by atoms with van der Waals surface area (Å²) in [4.78, 5) is 1.33. The average Bonchev–Trinajstić information content (AvgIpc) is 2.77. The summed E-state index contributed by atoms with van der Waals surface area (Å²) in [6.45, 7) is 19.1. The first kappa shape index (κ1) is 27.4. The molecule has 4 nitrogen and oxygen atoms in total. The highest BCUT2D eigenvalue weighted by Gasteiger charge is 2.55. The number of hydrogen-bond donors (Lipinski definition) is 0. The Hall–Kier alpha value is -0.633. The number of benzene rings is 1. The molecule has 0 spiro atoms. The Labute approximate surface area is 218 Å². The zero-order chi connectivity index (χ0) is 25.4. The number of ether oxygens (including phenoxy) is 3. The molecule has 0 bridgehead atoms. The summed E-state index contributed by atoms with van der Waals surface area (Å²) < 4.78 is 26.9. The molecule has 1 aromatic carbocycles. The molecule has 2 saturated heterocycles. The van der Waals surface area contributed by atoms with E-state index < -0.39 is 8.32 Å². The van der Waals surface area contributed by atoms with Crippen LogP contribution in [-0.2, 0) is 18.6 Å². The monoisotopic (exact) mass is 518 g/mol. The van der Waals surface area contributed by atoms with Gasteiger partial charge in [0.05, 0.1) is 36.6 Å². The number of thioether (sulfide) groups is 1. The van der Waals surface area contributed by atoms with Gasteiger partial charge in [0.15, 0.2) is 8.32 Å². The molecule has 6 heteroatoms. The fourth-order valence-corrected chi connectivity index (χ4v) is 7.60.